The number of ether oxygens (including phenoxy) is 1. The first kappa shape index (κ1) is 31.5. The molecule has 16 heteroatoms. The van der Waals surface area contributed by atoms with Crippen molar-refractivity contribution >= 4 is 44.9 Å². The van der Waals surface area contributed by atoms with Crippen LogP contribution in [0.4, 0.5) is 24.5 Å². The smallest absolute Gasteiger partial charge is 0.490 e. The van der Waals surface area contributed by atoms with Gasteiger partial charge in [0.15, 0.2) is 0 Å². The lowest BCUT2D eigenvalue weighted by Crippen LogP contribution is -2.46. The van der Waals surface area contributed by atoms with E-state index in [0.29, 0.717) is 50.6 Å². The zero-order valence-corrected chi connectivity index (χ0v) is 22.0. The van der Waals surface area contributed by atoms with E-state index < -0.39 is 28.1 Å². The van der Waals surface area contributed by atoms with Crippen molar-refractivity contribution in [3.63, 3.8) is 0 Å². The average molecular weight is 593 g/mol. The second kappa shape index (κ2) is 13.4. The number of hydrogen-bond acceptors (Lipinski definition) is 8. The van der Waals surface area contributed by atoms with Gasteiger partial charge in [-0.3, -0.25) is 9.62 Å². The molecule has 0 aromatic heterocycles. The summed E-state index contributed by atoms with van der Waals surface area (Å²) in [6, 6.07) is 10.6. The van der Waals surface area contributed by atoms with Crippen molar-refractivity contribution in [2.24, 2.45) is 0 Å². The zero-order chi connectivity index (χ0) is 29.4. The maximum absolute atomic E-state index is 13.0. The lowest BCUT2D eigenvalue weighted by molar-refractivity contribution is -0.192. The number of piperazine rings is 1. The van der Waals surface area contributed by atoms with E-state index >= 15 is 0 Å². The summed E-state index contributed by atoms with van der Waals surface area (Å²) >= 11 is 6.08. The number of alkyl halides is 3. The predicted octanol–water partition coefficient (Wildman–Crippen LogP) is 3.52. The van der Waals surface area contributed by atoms with Gasteiger partial charge in [-0.05, 0) is 36.4 Å². The van der Waals surface area contributed by atoms with Crippen LogP contribution in [0.15, 0.2) is 41.3 Å². The van der Waals surface area contributed by atoms with E-state index in [9.17, 15) is 31.5 Å². The number of anilines is 2. The molecule has 0 spiro atoms. The summed E-state index contributed by atoms with van der Waals surface area (Å²) < 4.78 is 65.4. The van der Waals surface area contributed by atoms with Crippen molar-refractivity contribution in [2.45, 2.75) is 17.5 Å². The summed E-state index contributed by atoms with van der Waals surface area (Å²) in [5.41, 5.74) is 0.715. The number of halogens is 4. The minimum absolute atomic E-state index is 0.0353. The standard InChI is InChI=1S/C21H23ClN4O5S.C2HF3O2/c1-31-20-6-4-16(14-17(20)22)32(29,30)24-18-13-15(21(27)28)3-5-19(18)26-11-9-25(10-12-26)8-2-7-23;3-2(4,5)1(6)7/h3-6,13-14,24H,2,8-12H2,1H3,(H,27,28);(H,6,7). The van der Waals surface area contributed by atoms with E-state index in [4.69, 9.17) is 31.5 Å². The second-order valence-electron chi connectivity index (χ2n) is 7.98. The topological polar surface area (TPSA) is 160 Å². The molecule has 3 N–H and O–H groups in total. The number of sulfonamides is 1. The lowest BCUT2D eigenvalue weighted by atomic mass is 10.1. The molecule has 1 aliphatic rings. The van der Waals surface area contributed by atoms with E-state index in [2.05, 4.69) is 15.7 Å². The molecule has 0 atom stereocenters. The van der Waals surface area contributed by atoms with E-state index in [1.807, 2.05) is 4.90 Å². The maximum Gasteiger partial charge on any atom is 0.490 e. The molecule has 0 bridgehead atoms. The largest absolute Gasteiger partial charge is 0.495 e. The number of nitriles is 1. The Bertz CT molecular complexity index is 1340. The van der Waals surface area contributed by atoms with Gasteiger partial charge >= 0.3 is 18.1 Å². The molecule has 2 aromatic rings. The number of carboxylic acid groups (broad SMARTS) is 2. The van der Waals surface area contributed by atoms with Gasteiger partial charge in [-0.1, -0.05) is 11.6 Å². The number of hydrogen-bond donors (Lipinski definition) is 3. The maximum atomic E-state index is 13.0. The Labute approximate surface area is 227 Å². The van der Waals surface area contributed by atoms with Gasteiger partial charge in [0.25, 0.3) is 10.0 Å². The summed E-state index contributed by atoms with van der Waals surface area (Å²) in [5, 5.41) is 25.4. The van der Waals surface area contributed by atoms with Crippen LogP contribution in [0.2, 0.25) is 5.02 Å². The third-order valence-corrected chi connectivity index (χ3v) is 7.08. The van der Waals surface area contributed by atoms with Gasteiger partial charge in [-0.2, -0.15) is 18.4 Å². The van der Waals surface area contributed by atoms with Crippen LogP contribution in [0, 0.1) is 11.3 Å². The SMILES string of the molecule is COc1ccc(S(=O)(=O)Nc2cc(C(=O)O)ccc2N2CCN(CCC#N)CC2)cc1Cl.O=C(O)C(F)(F)F. The third kappa shape index (κ3) is 8.91. The minimum Gasteiger partial charge on any atom is -0.495 e. The molecule has 11 nitrogen and oxygen atoms in total. The first-order valence-corrected chi connectivity index (χ1v) is 12.9. The van der Waals surface area contributed by atoms with E-state index in [-0.39, 0.29) is 21.2 Å². The monoisotopic (exact) mass is 592 g/mol. The highest BCUT2D eigenvalue weighted by molar-refractivity contribution is 7.92. The minimum atomic E-state index is -5.08. The molecular formula is C23H24ClF3N4O7S. The molecular weight excluding hydrogens is 569 g/mol. The molecule has 0 amide bonds. The zero-order valence-electron chi connectivity index (χ0n) is 20.4. The molecule has 39 heavy (non-hydrogen) atoms. The number of nitrogens with one attached hydrogen (secondary N) is 1. The number of benzene rings is 2. The van der Waals surface area contributed by atoms with Gasteiger partial charge < -0.3 is 19.8 Å². The van der Waals surface area contributed by atoms with Crippen molar-refractivity contribution in [3.8, 4) is 11.8 Å². The van der Waals surface area contributed by atoms with Gasteiger partial charge in [0.05, 0.1) is 40.0 Å². The van der Waals surface area contributed by atoms with Crippen molar-refractivity contribution in [2.75, 3.05) is 49.5 Å². The fourth-order valence-corrected chi connectivity index (χ4v) is 4.88. The van der Waals surface area contributed by atoms with E-state index in [0.717, 1.165) is 0 Å². The third-order valence-electron chi connectivity index (χ3n) is 5.42. The normalized spacial score (nSPS) is 14.0. The Morgan fingerprint density at radius 3 is 2.23 bits per heavy atom. The fourth-order valence-electron chi connectivity index (χ4n) is 3.47. The molecule has 1 heterocycles. The van der Waals surface area contributed by atoms with Crippen LogP contribution in [0.5, 0.6) is 5.75 Å². The van der Waals surface area contributed by atoms with Gasteiger partial charge in [0, 0.05) is 39.1 Å². The first-order chi connectivity index (χ1) is 18.2. The number of rotatable bonds is 8. The summed E-state index contributed by atoms with van der Waals surface area (Å²) in [4.78, 5) is 24.5. The molecule has 1 aliphatic heterocycles. The van der Waals surface area contributed by atoms with Crippen LogP contribution in [-0.2, 0) is 14.8 Å². The highest BCUT2D eigenvalue weighted by Crippen LogP contribution is 2.32. The van der Waals surface area contributed by atoms with Crippen LogP contribution in [0.3, 0.4) is 0 Å². The second-order valence-corrected chi connectivity index (χ2v) is 10.1. The van der Waals surface area contributed by atoms with Crippen LogP contribution >= 0.6 is 11.6 Å². The number of aromatic carboxylic acids is 1. The number of carboxylic acids is 2. The van der Waals surface area contributed by atoms with Crippen LogP contribution < -0.4 is 14.4 Å². The van der Waals surface area contributed by atoms with Crippen molar-refractivity contribution < 1.29 is 46.1 Å². The Kier molecular flexibility index (Phi) is 10.8. The molecule has 3 rings (SSSR count). The summed E-state index contributed by atoms with van der Waals surface area (Å²) in [6.45, 7) is 3.33. The van der Waals surface area contributed by atoms with Crippen molar-refractivity contribution in [1.82, 2.24) is 4.90 Å². The summed E-state index contributed by atoms with van der Waals surface area (Å²) in [6.07, 6.45) is -4.64. The molecule has 0 aliphatic carbocycles. The predicted molar refractivity (Wildman–Crippen MR) is 135 cm³/mol. The molecule has 1 fully saturated rings. The van der Waals surface area contributed by atoms with Crippen molar-refractivity contribution in [1.29, 1.82) is 5.26 Å². The Morgan fingerprint density at radius 1 is 1.13 bits per heavy atom. The Morgan fingerprint density at radius 2 is 1.74 bits per heavy atom. The Balaban J connectivity index is 0.000000673. The van der Waals surface area contributed by atoms with Crippen LogP contribution in [-0.4, -0.2) is 81.5 Å². The molecule has 0 saturated carbocycles. The highest BCUT2D eigenvalue weighted by atomic mass is 35.5. The fraction of sp³-hybridized carbons (Fsp3) is 0.348. The average Bonchev–Trinajstić information content (AvgIpc) is 2.87. The molecule has 0 unspecified atom stereocenters. The van der Waals surface area contributed by atoms with Gasteiger partial charge in [0.1, 0.15) is 5.75 Å². The number of methoxy groups -OCH3 is 1. The number of nitrogens with zero attached hydrogens (tertiary/aromatic N) is 3. The highest BCUT2D eigenvalue weighted by Gasteiger charge is 2.38. The molecule has 0 radical (unpaired) electrons. The molecule has 1 saturated heterocycles. The van der Waals surface area contributed by atoms with E-state index in [1.165, 1.54) is 37.4 Å². The Hall–Kier alpha value is -3.74. The van der Waals surface area contributed by atoms with Gasteiger partial charge in [0.2, 0.25) is 0 Å². The number of carbonyl (C=O) groups is 2. The van der Waals surface area contributed by atoms with Gasteiger partial charge in [-0.15, -0.1) is 0 Å². The lowest BCUT2D eigenvalue weighted by Gasteiger charge is -2.36. The van der Waals surface area contributed by atoms with Crippen LogP contribution in [0.1, 0.15) is 16.8 Å². The first-order valence-electron chi connectivity index (χ1n) is 11.1. The van der Waals surface area contributed by atoms with Crippen LogP contribution in [0.25, 0.3) is 0 Å². The summed E-state index contributed by atoms with van der Waals surface area (Å²) in [5.74, 6) is -3.58. The molecule has 2 aromatic carbocycles. The van der Waals surface area contributed by atoms with Crippen molar-refractivity contribution in [3.05, 3.63) is 47.0 Å². The molecule has 212 valence electrons. The van der Waals surface area contributed by atoms with Gasteiger partial charge in [-0.25, -0.2) is 18.0 Å². The quantitative estimate of drug-likeness (QED) is 0.414. The van der Waals surface area contributed by atoms with E-state index in [1.54, 1.807) is 6.07 Å². The number of aliphatic carboxylic acids is 1. The summed E-state index contributed by atoms with van der Waals surface area (Å²) in [7, 11) is -2.62.